The Balaban J connectivity index is 1.65. The zero-order chi connectivity index (χ0) is 22.4. The molecule has 0 saturated heterocycles. The number of anilines is 1. The highest BCUT2D eigenvalue weighted by Crippen LogP contribution is 2.32. The van der Waals surface area contributed by atoms with E-state index in [1.165, 1.54) is 13.3 Å². The van der Waals surface area contributed by atoms with Crippen LogP contribution in [0, 0.1) is 0 Å². The summed E-state index contributed by atoms with van der Waals surface area (Å²) in [7, 11) is 1.51. The molecule has 0 aliphatic heterocycles. The lowest BCUT2D eigenvalue weighted by molar-refractivity contribution is -0.137. The molecule has 0 radical (unpaired) electrons. The van der Waals surface area contributed by atoms with Gasteiger partial charge in [-0.3, -0.25) is 5.43 Å². The third-order valence-electron chi connectivity index (χ3n) is 4.05. The predicted octanol–water partition coefficient (Wildman–Crippen LogP) is 6.44. The molecule has 3 rings (SSSR count). The number of rotatable bonds is 7. The topological polar surface area (TPSA) is 55.7 Å². The van der Waals surface area contributed by atoms with Crippen LogP contribution in [0.5, 0.6) is 11.5 Å². The fraction of sp³-hybridized carbons (Fsp3) is 0.143. The zero-order valence-electron chi connectivity index (χ0n) is 16.1. The predicted molar refractivity (Wildman–Crippen MR) is 114 cm³/mol. The summed E-state index contributed by atoms with van der Waals surface area (Å²) < 4.78 is 49.1. The maximum Gasteiger partial charge on any atom is 0.417 e. The SMILES string of the molecule is COc1cc(C=NNc2ncc(C(F)(F)F)cc2Cl)ccc1OCc1ccc(Cl)cc1. The number of benzene rings is 2. The summed E-state index contributed by atoms with van der Waals surface area (Å²) in [6.45, 7) is 0.334. The molecule has 0 unspecified atom stereocenters. The van der Waals surface area contributed by atoms with E-state index >= 15 is 0 Å². The average molecular weight is 470 g/mol. The van der Waals surface area contributed by atoms with Crippen molar-refractivity contribution in [2.75, 3.05) is 12.5 Å². The van der Waals surface area contributed by atoms with E-state index in [0.29, 0.717) is 34.9 Å². The quantitative estimate of drug-likeness (QED) is 0.319. The summed E-state index contributed by atoms with van der Waals surface area (Å²) in [4.78, 5) is 3.65. The number of pyridine rings is 1. The Hall–Kier alpha value is -2.97. The zero-order valence-corrected chi connectivity index (χ0v) is 17.6. The third kappa shape index (κ3) is 6.26. The Kier molecular flexibility index (Phi) is 7.25. The molecule has 0 bridgehead atoms. The van der Waals surface area contributed by atoms with Crippen molar-refractivity contribution in [1.82, 2.24) is 4.98 Å². The van der Waals surface area contributed by atoms with Crippen LogP contribution in [-0.2, 0) is 12.8 Å². The van der Waals surface area contributed by atoms with Gasteiger partial charge >= 0.3 is 6.18 Å². The standard InChI is InChI=1S/C21H16Cl2F3N3O2/c1-30-19-8-14(4-7-18(19)31-12-13-2-5-16(22)6-3-13)10-28-29-20-17(23)9-15(11-27-20)21(24,25)26/h2-11H,12H2,1H3,(H,27,29). The van der Waals surface area contributed by atoms with Crippen LogP contribution in [0.1, 0.15) is 16.7 Å². The van der Waals surface area contributed by atoms with Gasteiger partial charge in [0.2, 0.25) is 0 Å². The second-order valence-electron chi connectivity index (χ2n) is 6.25. The fourth-order valence-electron chi connectivity index (χ4n) is 2.47. The number of alkyl halides is 3. The van der Waals surface area contributed by atoms with Crippen molar-refractivity contribution in [1.29, 1.82) is 0 Å². The second kappa shape index (κ2) is 9.89. The summed E-state index contributed by atoms with van der Waals surface area (Å²) in [5.74, 6) is 1.03. The highest BCUT2D eigenvalue weighted by Gasteiger charge is 2.31. The minimum Gasteiger partial charge on any atom is -0.493 e. The molecule has 3 aromatic rings. The van der Waals surface area contributed by atoms with Gasteiger partial charge in [-0.05, 0) is 47.5 Å². The first-order chi connectivity index (χ1) is 14.8. The first kappa shape index (κ1) is 22.7. The molecule has 0 atom stereocenters. The molecular weight excluding hydrogens is 454 g/mol. The first-order valence-corrected chi connectivity index (χ1v) is 9.59. The van der Waals surface area contributed by atoms with Gasteiger partial charge < -0.3 is 9.47 Å². The maximum absolute atomic E-state index is 12.7. The molecule has 0 saturated carbocycles. The Morgan fingerprint density at radius 1 is 1.06 bits per heavy atom. The lowest BCUT2D eigenvalue weighted by Crippen LogP contribution is -2.06. The van der Waals surface area contributed by atoms with Gasteiger partial charge in [0.05, 0.1) is 23.9 Å². The minimum absolute atomic E-state index is 0.000740. The summed E-state index contributed by atoms with van der Waals surface area (Å²) in [5.41, 5.74) is 3.19. The van der Waals surface area contributed by atoms with Gasteiger partial charge in [0.25, 0.3) is 0 Å². The third-order valence-corrected chi connectivity index (χ3v) is 4.59. The Labute approximate surface area is 186 Å². The fourth-order valence-corrected chi connectivity index (χ4v) is 2.80. The van der Waals surface area contributed by atoms with Gasteiger partial charge in [-0.25, -0.2) is 4.98 Å². The summed E-state index contributed by atoms with van der Waals surface area (Å²) >= 11 is 11.7. The van der Waals surface area contributed by atoms with E-state index in [0.717, 1.165) is 11.6 Å². The van der Waals surface area contributed by atoms with E-state index < -0.39 is 11.7 Å². The molecule has 5 nitrogen and oxygen atoms in total. The molecule has 0 spiro atoms. The van der Waals surface area contributed by atoms with E-state index in [9.17, 15) is 13.2 Å². The second-order valence-corrected chi connectivity index (χ2v) is 7.09. The van der Waals surface area contributed by atoms with Crippen LogP contribution >= 0.6 is 23.2 Å². The van der Waals surface area contributed by atoms with Gasteiger partial charge in [-0.2, -0.15) is 18.3 Å². The number of aromatic nitrogens is 1. The van der Waals surface area contributed by atoms with Crippen molar-refractivity contribution in [3.8, 4) is 11.5 Å². The number of hydrogen-bond donors (Lipinski definition) is 1. The Morgan fingerprint density at radius 3 is 2.45 bits per heavy atom. The largest absolute Gasteiger partial charge is 0.493 e. The summed E-state index contributed by atoms with van der Waals surface area (Å²) in [5, 5.41) is 4.41. The van der Waals surface area contributed by atoms with Crippen LogP contribution in [-0.4, -0.2) is 18.3 Å². The molecule has 0 amide bonds. The molecule has 1 aromatic heterocycles. The number of nitrogens with zero attached hydrogens (tertiary/aromatic N) is 2. The molecule has 1 heterocycles. The van der Waals surface area contributed by atoms with Gasteiger partial charge in [0.15, 0.2) is 17.3 Å². The molecule has 31 heavy (non-hydrogen) atoms. The van der Waals surface area contributed by atoms with E-state index in [4.69, 9.17) is 32.7 Å². The smallest absolute Gasteiger partial charge is 0.417 e. The van der Waals surface area contributed by atoms with Crippen molar-refractivity contribution >= 4 is 35.2 Å². The molecule has 0 fully saturated rings. The van der Waals surface area contributed by atoms with Crippen molar-refractivity contribution in [3.05, 3.63) is 81.5 Å². The van der Waals surface area contributed by atoms with Crippen molar-refractivity contribution in [2.45, 2.75) is 12.8 Å². The molecule has 162 valence electrons. The summed E-state index contributed by atoms with van der Waals surface area (Å²) in [6.07, 6.45) is -2.40. The highest BCUT2D eigenvalue weighted by atomic mass is 35.5. The number of methoxy groups -OCH3 is 1. The number of hydrogen-bond acceptors (Lipinski definition) is 5. The van der Waals surface area contributed by atoms with E-state index in [-0.39, 0.29) is 10.8 Å². The van der Waals surface area contributed by atoms with Crippen LogP contribution < -0.4 is 14.9 Å². The maximum atomic E-state index is 12.7. The lowest BCUT2D eigenvalue weighted by atomic mass is 10.2. The van der Waals surface area contributed by atoms with Gasteiger partial charge in [-0.15, -0.1) is 0 Å². The van der Waals surface area contributed by atoms with Crippen LogP contribution in [0.4, 0.5) is 19.0 Å². The van der Waals surface area contributed by atoms with E-state index in [2.05, 4.69) is 15.5 Å². The summed E-state index contributed by atoms with van der Waals surface area (Å²) in [6, 6.07) is 13.2. The number of ether oxygens (including phenoxy) is 2. The molecule has 0 aliphatic carbocycles. The Morgan fingerprint density at radius 2 is 1.81 bits per heavy atom. The first-order valence-electron chi connectivity index (χ1n) is 8.83. The number of hydrazone groups is 1. The van der Waals surface area contributed by atoms with Crippen LogP contribution in [0.15, 0.2) is 59.8 Å². The lowest BCUT2D eigenvalue weighted by Gasteiger charge is -2.11. The molecule has 1 N–H and O–H groups in total. The normalized spacial score (nSPS) is 11.5. The number of nitrogens with one attached hydrogen (secondary N) is 1. The van der Waals surface area contributed by atoms with Crippen LogP contribution in [0.2, 0.25) is 10.0 Å². The van der Waals surface area contributed by atoms with E-state index in [1.54, 1.807) is 30.3 Å². The monoisotopic (exact) mass is 469 g/mol. The van der Waals surface area contributed by atoms with Crippen molar-refractivity contribution in [3.63, 3.8) is 0 Å². The molecule has 10 heteroatoms. The van der Waals surface area contributed by atoms with Crippen molar-refractivity contribution < 1.29 is 22.6 Å². The van der Waals surface area contributed by atoms with Crippen molar-refractivity contribution in [2.24, 2.45) is 5.10 Å². The average Bonchev–Trinajstić information content (AvgIpc) is 2.74. The van der Waals surface area contributed by atoms with Crippen LogP contribution in [0.3, 0.4) is 0 Å². The minimum atomic E-state index is -4.52. The number of halogens is 5. The molecular formula is C21H16Cl2F3N3O2. The van der Waals surface area contributed by atoms with Gasteiger partial charge in [-0.1, -0.05) is 35.3 Å². The van der Waals surface area contributed by atoms with Gasteiger partial charge in [0.1, 0.15) is 6.61 Å². The highest BCUT2D eigenvalue weighted by molar-refractivity contribution is 6.33. The van der Waals surface area contributed by atoms with Gasteiger partial charge in [0, 0.05) is 11.2 Å². The van der Waals surface area contributed by atoms with E-state index in [1.807, 2.05) is 12.1 Å². The van der Waals surface area contributed by atoms with Crippen LogP contribution in [0.25, 0.3) is 0 Å². The Bertz CT molecular complexity index is 1070. The molecule has 0 aliphatic rings. The molecule has 2 aromatic carbocycles.